The van der Waals surface area contributed by atoms with Crippen LogP contribution in [0.1, 0.15) is 58.2 Å². The van der Waals surface area contributed by atoms with Crippen LogP contribution in [0, 0.1) is 0 Å². The van der Waals surface area contributed by atoms with Crippen molar-refractivity contribution < 1.29 is 14.3 Å². The Hall–Kier alpha value is -2.82. The van der Waals surface area contributed by atoms with Gasteiger partial charge >= 0.3 is 0 Å². The van der Waals surface area contributed by atoms with Gasteiger partial charge < -0.3 is 9.47 Å². The summed E-state index contributed by atoms with van der Waals surface area (Å²) in [4.78, 5) is 12.4. The molecule has 0 unspecified atom stereocenters. The molecule has 1 N–H and O–H groups in total. The summed E-state index contributed by atoms with van der Waals surface area (Å²) < 4.78 is 11.6. The van der Waals surface area contributed by atoms with Gasteiger partial charge in [0.1, 0.15) is 6.61 Å². The van der Waals surface area contributed by atoms with Crippen LogP contribution in [0.4, 0.5) is 0 Å². The number of amides is 1. The van der Waals surface area contributed by atoms with Gasteiger partial charge in [-0.15, -0.1) is 0 Å². The van der Waals surface area contributed by atoms with Crippen LogP contribution in [-0.2, 0) is 15.6 Å². The van der Waals surface area contributed by atoms with E-state index in [2.05, 4.69) is 64.2 Å². The Morgan fingerprint density at radius 1 is 0.966 bits per heavy atom. The predicted molar refractivity (Wildman–Crippen MR) is 116 cm³/mol. The maximum Gasteiger partial charge on any atom is 0.284 e. The minimum absolute atomic E-state index is 0.0135. The quantitative estimate of drug-likeness (QED) is 0.613. The third-order valence-corrected chi connectivity index (χ3v) is 4.93. The van der Waals surface area contributed by atoms with Crippen LogP contribution in [0.2, 0.25) is 0 Å². The second kappa shape index (κ2) is 7.90. The molecule has 5 nitrogen and oxygen atoms in total. The molecular weight excluding hydrogens is 364 g/mol. The number of fused-ring (bicyclic) bond motifs is 1. The maximum absolute atomic E-state index is 12.4. The van der Waals surface area contributed by atoms with Crippen molar-refractivity contribution >= 4 is 12.1 Å². The molecule has 0 bridgehead atoms. The van der Waals surface area contributed by atoms with E-state index in [1.54, 1.807) is 6.21 Å². The van der Waals surface area contributed by atoms with Gasteiger partial charge in [-0.3, -0.25) is 4.79 Å². The molecule has 1 atom stereocenters. The number of hydrazone groups is 1. The number of carbonyl (C=O) groups is 1. The molecule has 0 saturated heterocycles. The van der Waals surface area contributed by atoms with Crippen molar-refractivity contribution in [2.24, 2.45) is 5.10 Å². The Bertz CT molecular complexity index is 903. The summed E-state index contributed by atoms with van der Waals surface area (Å²) in [5.74, 6) is 0.912. The van der Waals surface area contributed by atoms with Gasteiger partial charge in [0.25, 0.3) is 5.91 Å². The third kappa shape index (κ3) is 5.17. The Morgan fingerprint density at radius 3 is 2.21 bits per heavy atom. The standard InChI is InChI=1S/C24H30N2O3/c1-23(2,3)17-9-7-16(8-10-17)14-25-26-22(27)21-15-28-19-12-11-18(24(4,5)6)13-20(19)29-21/h7-14,21H,15H2,1-6H3,(H,26,27)/b25-14-/t21-/m1/s1. The van der Waals surface area contributed by atoms with Crippen LogP contribution in [0.3, 0.4) is 0 Å². The molecule has 0 aliphatic carbocycles. The summed E-state index contributed by atoms with van der Waals surface area (Å²) in [5, 5.41) is 4.06. The fraction of sp³-hybridized carbons (Fsp3) is 0.417. The first-order chi connectivity index (χ1) is 13.5. The molecule has 0 spiro atoms. The van der Waals surface area contributed by atoms with Gasteiger partial charge in [0.15, 0.2) is 11.5 Å². The second-order valence-corrected chi connectivity index (χ2v) is 9.44. The number of carbonyl (C=O) groups excluding carboxylic acids is 1. The van der Waals surface area contributed by atoms with E-state index in [4.69, 9.17) is 9.47 Å². The van der Waals surface area contributed by atoms with Crippen LogP contribution in [0.25, 0.3) is 0 Å². The van der Waals surface area contributed by atoms with Crippen LogP contribution < -0.4 is 14.9 Å². The molecule has 0 fully saturated rings. The van der Waals surface area contributed by atoms with E-state index in [1.807, 2.05) is 30.3 Å². The van der Waals surface area contributed by atoms with Crippen molar-refractivity contribution in [3.63, 3.8) is 0 Å². The maximum atomic E-state index is 12.4. The number of nitrogens with one attached hydrogen (secondary N) is 1. The van der Waals surface area contributed by atoms with E-state index >= 15 is 0 Å². The number of hydrogen-bond donors (Lipinski definition) is 1. The Morgan fingerprint density at radius 2 is 1.59 bits per heavy atom. The fourth-order valence-electron chi connectivity index (χ4n) is 2.98. The first kappa shape index (κ1) is 20.9. The summed E-state index contributed by atoms with van der Waals surface area (Å²) >= 11 is 0. The lowest BCUT2D eigenvalue weighted by molar-refractivity contribution is -0.130. The van der Waals surface area contributed by atoms with Crippen molar-refractivity contribution in [3.05, 3.63) is 59.2 Å². The van der Waals surface area contributed by atoms with E-state index in [-0.39, 0.29) is 23.3 Å². The van der Waals surface area contributed by atoms with E-state index in [0.717, 1.165) is 11.1 Å². The Kier molecular flexibility index (Phi) is 5.69. The number of ether oxygens (including phenoxy) is 2. The molecule has 2 aromatic carbocycles. The van der Waals surface area contributed by atoms with Crippen LogP contribution in [0.5, 0.6) is 11.5 Å². The van der Waals surface area contributed by atoms with Crippen LogP contribution >= 0.6 is 0 Å². The monoisotopic (exact) mass is 394 g/mol. The highest BCUT2D eigenvalue weighted by Crippen LogP contribution is 2.36. The van der Waals surface area contributed by atoms with E-state index in [9.17, 15) is 4.79 Å². The molecule has 3 rings (SSSR count). The average molecular weight is 395 g/mol. The molecule has 0 aromatic heterocycles. The van der Waals surface area contributed by atoms with Crippen molar-refractivity contribution in [2.75, 3.05) is 6.61 Å². The molecule has 2 aromatic rings. The zero-order valence-electron chi connectivity index (χ0n) is 18.1. The third-order valence-electron chi connectivity index (χ3n) is 4.93. The minimum Gasteiger partial charge on any atom is -0.485 e. The molecule has 154 valence electrons. The molecule has 5 heteroatoms. The first-order valence-corrected chi connectivity index (χ1v) is 9.91. The van der Waals surface area contributed by atoms with Crippen molar-refractivity contribution in [3.8, 4) is 11.5 Å². The van der Waals surface area contributed by atoms with Crippen molar-refractivity contribution in [1.82, 2.24) is 5.43 Å². The summed E-state index contributed by atoms with van der Waals surface area (Å²) in [6, 6.07) is 14.0. The molecule has 0 saturated carbocycles. The van der Waals surface area contributed by atoms with E-state index in [0.29, 0.717) is 11.5 Å². The molecule has 1 heterocycles. The summed E-state index contributed by atoms with van der Waals surface area (Å²) in [5.41, 5.74) is 5.92. The normalized spacial score (nSPS) is 16.7. The van der Waals surface area contributed by atoms with Crippen molar-refractivity contribution in [2.45, 2.75) is 58.5 Å². The minimum atomic E-state index is -0.738. The van der Waals surface area contributed by atoms with Crippen LogP contribution in [0.15, 0.2) is 47.6 Å². The van der Waals surface area contributed by atoms with Gasteiger partial charge in [-0.1, -0.05) is 71.9 Å². The molecule has 1 aliphatic rings. The fourth-order valence-corrected chi connectivity index (χ4v) is 2.98. The first-order valence-electron chi connectivity index (χ1n) is 9.91. The summed E-state index contributed by atoms with van der Waals surface area (Å²) in [6.07, 6.45) is 0.887. The zero-order valence-corrected chi connectivity index (χ0v) is 18.1. The lowest BCUT2D eigenvalue weighted by atomic mass is 9.87. The van der Waals surface area contributed by atoms with Gasteiger partial charge in [-0.05, 0) is 39.7 Å². The second-order valence-electron chi connectivity index (χ2n) is 9.44. The lowest BCUT2D eigenvalue weighted by Crippen LogP contribution is -2.42. The molecule has 0 radical (unpaired) electrons. The van der Waals surface area contributed by atoms with E-state index in [1.165, 1.54) is 5.56 Å². The Balaban J connectivity index is 1.61. The van der Waals surface area contributed by atoms with Gasteiger partial charge in [0, 0.05) is 0 Å². The van der Waals surface area contributed by atoms with Crippen LogP contribution in [-0.4, -0.2) is 24.8 Å². The molecular formula is C24H30N2O3. The number of nitrogens with zero attached hydrogens (tertiary/aromatic N) is 1. The zero-order chi connectivity index (χ0) is 21.2. The van der Waals surface area contributed by atoms with Gasteiger partial charge in [-0.25, -0.2) is 5.43 Å². The highest BCUT2D eigenvalue weighted by atomic mass is 16.6. The lowest BCUT2D eigenvalue weighted by Gasteiger charge is -2.27. The highest BCUT2D eigenvalue weighted by Gasteiger charge is 2.28. The summed E-state index contributed by atoms with van der Waals surface area (Å²) in [7, 11) is 0. The number of rotatable bonds is 3. The predicted octanol–water partition coefficient (Wildman–Crippen LogP) is 4.57. The molecule has 1 amide bonds. The Labute approximate surface area is 173 Å². The summed E-state index contributed by atoms with van der Waals surface area (Å²) in [6.45, 7) is 13.1. The number of benzene rings is 2. The molecule has 29 heavy (non-hydrogen) atoms. The largest absolute Gasteiger partial charge is 0.485 e. The SMILES string of the molecule is CC(C)(C)c1ccc(/C=N\NC(=O)[C@H]2COc3ccc(C(C)(C)C)cc3O2)cc1. The highest BCUT2D eigenvalue weighted by molar-refractivity contribution is 5.85. The van der Waals surface area contributed by atoms with Gasteiger partial charge in [0.2, 0.25) is 6.10 Å². The van der Waals surface area contributed by atoms with E-state index < -0.39 is 6.10 Å². The van der Waals surface area contributed by atoms with Crippen molar-refractivity contribution in [1.29, 1.82) is 0 Å². The van der Waals surface area contributed by atoms with Gasteiger partial charge in [0.05, 0.1) is 6.21 Å². The average Bonchev–Trinajstić information content (AvgIpc) is 2.66. The van der Waals surface area contributed by atoms with Gasteiger partial charge in [-0.2, -0.15) is 5.10 Å². The number of hydrogen-bond acceptors (Lipinski definition) is 4. The smallest absolute Gasteiger partial charge is 0.284 e. The molecule has 1 aliphatic heterocycles. The topological polar surface area (TPSA) is 59.9 Å².